The number of carbonyl (C=O) groups is 2. The molecule has 30 heavy (non-hydrogen) atoms. The van der Waals surface area contributed by atoms with Gasteiger partial charge in [0.05, 0.1) is 18.6 Å². The molecule has 0 saturated heterocycles. The van der Waals surface area contributed by atoms with E-state index in [1.165, 1.54) is 18.7 Å². The molecular weight excluding hydrogens is 468 g/mol. The highest BCUT2D eigenvalue weighted by Gasteiger charge is 2.19. The van der Waals surface area contributed by atoms with Gasteiger partial charge < -0.3 is 10.1 Å². The van der Waals surface area contributed by atoms with Crippen molar-refractivity contribution in [2.45, 2.75) is 18.5 Å². The number of amides is 1. The van der Waals surface area contributed by atoms with Crippen molar-refractivity contribution in [2.75, 3.05) is 19.4 Å². The quantitative estimate of drug-likeness (QED) is 0.365. The summed E-state index contributed by atoms with van der Waals surface area (Å²) in [7, 11) is 1.60. The van der Waals surface area contributed by atoms with Crippen LogP contribution < -0.4 is 10.1 Å². The van der Waals surface area contributed by atoms with Crippen LogP contribution in [0.15, 0.2) is 58.2 Å². The minimum absolute atomic E-state index is 0.00173. The molecule has 0 aliphatic rings. The molecule has 0 aliphatic heterocycles. The standard InChI is InChI=1S/C21H21BrN4O3S/c1-14(27)23-12-11-20-24-25-21(26(20)17-5-3-4-6-19(17)29-2)30-13-18(28)15-7-9-16(22)10-8-15/h3-10H,11-13H2,1-2H3,(H,23,27). The lowest BCUT2D eigenvalue weighted by Gasteiger charge is -2.13. The largest absolute Gasteiger partial charge is 0.495 e. The predicted octanol–water partition coefficient (Wildman–Crippen LogP) is 3.69. The zero-order valence-corrected chi connectivity index (χ0v) is 19.0. The number of carbonyl (C=O) groups excluding carboxylic acids is 2. The highest BCUT2D eigenvalue weighted by molar-refractivity contribution is 9.10. The number of nitrogens with zero attached hydrogens (tertiary/aromatic N) is 3. The number of rotatable bonds is 9. The van der Waals surface area contributed by atoms with Crippen molar-refractivity contribution in [3.05, 3.63) is 64.4 Å². The van der Waals surface area contributed by atoms with Crippen LogP contribution in [0.3, 0.4) is 0 Å². The number of thioether (sulfide) groups is 1. The molecule has 3 aromatic rings. The average Bonchev–Trinajstić information content (AvgIpc) is 3.14. The molecule has 1 amide bonds. The van der Waals surface area contributed by atoms with Gasteiger partial charge in [0, 0.05) is 29.9 Å². The van der Waals surface area contributed by atoms with Crippen LogP contribution in [-0.2, 0) is 11.2 Å². The Kier molecular flexibility index (Phi) is 7.64. The molecule has 0 radical (unpaired) electrons. The number of nitrogens with one attached hydrogen (secondary N) is 1. The number of halogens is 1. The van der Waals surface area contributed by atoms with Gasteiger partial charge in [0.25, 0.3) is 0 Å². The molecular formula is C21H21BrN4O3S. The third-order valence-electron chi connectivity index (χ3n) is 4.25. The summed E-state index contributed by atoms with van der Waals surface area (Å²) >= 11 is 4.69. The third kappa shape index (κ3) is 5.48. The van der Waals surface area contributed by atoms with Gasteiger partial charge in [-0.25, -0.2) is 0 Å². The second kappa shape index (κ2) is 10.4. The number of aromatic nitrogens is 3. The normalized spacial score (nSPS) is 10.6. The molecule has 1 N–H and O–H groups in total. The van der Waals surface area contributed by atoms with E-state index in [0.29, 0.717) is 35.3 Å². The van der Waals surface area contributed by atoms with E-state index in [2.05, 4.69) is 31.4 Å². The van der Waals surface area contributed by atoms with E-state index in [1.807, 2.05) is 41.0 Å². The second-order valence-corrected chi connectivity index (χ2v) is 8.22. The van der Waals surface area contributed by atoms with Gasteiger partial charge >= 0.3 is 0 Å². The fourth-order valence-electron chi connectivity index (χ4n) is 2.81. The molecule has 2 aromatic carbocycles. The fraction of sp³-hybridized carbons (Fsp3) is 0.238. The van der Waals surface area contributed by atoms with Gasteiger partial charge in [-0.1, -0.05) is 52.0 Å². The Bertz CT molecular complexity index is 1040. The maximum atomic E-state index is 12.6. The maximum Gasteiger partial charge on any atom is 0.216 e. The lowest BCUT2D eigenvalue weighted by Crippen LogP contribution is -2.23. The Balaban J connectivity index is 1.86. The maximum absolute atomic E-state index is 12.6. The zero-order chi connectivity index (χ0) is 21.5. The van der Waals surface area contributed by atoms with E-state index in [-0.39, 0.29) is 17.4 Å². The summed E-state index contributed by atoms with van der Waals surface area (Å²) in [6.45, 7) is 1.91. The first-order valence-corrected chi connectivity index (χ1v) is 11.0. The second-order valence-electron chi connectivity index (χ2n) is 6.36. The van der Waals surface area contributed by atoms with Crippen LogP contribution in [0.4, 0.5) is 0 Å². The van der Waals surface area contributed by atoms with Crippen LogP contribution in [-0.4, -0.2) is 45.9 Å². The molecule has 1 heterocycles. The topological polar surface area (TPSA) is 86.1 Å². The van der Waals surface area contributed by atoms with Gasteiger partial charge in [-0.05, 0) is 24.3 Å². The van der Waals surface area contributed by atoms with Gasteiger partial charge in [0.15, 0.2) is 10.9 Å². The number of ketones is 1. The summed E-state index contributed by atoms with van der Waals surface area (Å²) in [5.74, 6) is 1.46. The van der Waals surface area contributed by atoms with E-state index in [4.69, 9.17) is 4.74 Å². The first kappa shape index (κ1) is 22.0. The van der Waals surface area contributed by atoms with Crippen molar-refractivity contribution in [3.63, 3.8) is 0 Å². The van der Waals surface area contributed by atoms with Crippen molar-refractivity contribution in [1.29, 1.82) is 0 Å². The van der Waals surface area contributed by atoms with Crippen molar-refractivity contribution in [2.24, 2.45) is 0 Å². The Morgan fingerprint density at radius 2 is 1.87 bits per heavy atom. The molecule has 7 nitrogen and oxygen atoms in total. The number of hydrogen-bond donors (Lipinski definition) is 1. The van der Waals surface area contributed by atoms with E-state index in [9.17, 15) is 9.59 Å². The lowest BCUT2D eigenvalue weighted by atomic mass is 10.2. The molecule has 156 valence electrons. The van der Waals surface area contributed by atoms with Gasteiger partial charge in [-0.3, -0.25) is 14.2 Å². The van der Waals surface area contributed by atoms with Crippen LogP contribution >= 0.6 is 27.7 Å². The monoisotopic (exact) mass is 488 g/mol. The van der Waals surface area contributed by atoms with Gasteiger partial charge in [0.1, 0.15) is 11.6 Å². The van der Waals surface area contributed by atoms with Crippen molar-refractivity contribution in [1.82, 2.24) is 20.1 Å². The van der Waals surface area contributed by atoms with Crippen molar-refractivity contribution in [3.8, 4) is 11.4 Å². The molecule has 3 rings (SSSR count). The van der Waals surface area contributed by atoms with E-state index < -0.39 is 0 Å². The molecule has 1 aromatic heterocycles. The van der Waals surface area contributed by atoms with Crippen LogP contribution in [0.2, 0.25) is 0 Å². The van der Waals surface area contributed by atoms with Crippen molar-refractivity contribution < 1.29 is 14.3 Å². The van der Waals surface area contributed by atoms with Gasteiger partial charge in [-0.15, -0.1) is 10.2 Å². The number of hydrogen-bond acceptors (Lipinski definition) is 6. The van der Waals surface area contributed by atoms with Crippen LogP contribution in [0, 0.1) is 0 Å². The Labute approximate surface area is 187 Å². The number of ether oxygens (including phenoxy) is 1. The van der Waals surface area contributed by atoms with Crippen LogP contribution in [0.1, 0.15) is 23.1 Å². The smallest absolute Gasteiger partial charge is 0.216 e. The highest BCUT2D eigenvalue weighted by Crippen LogP contribution is 2.29. The molecule has 0 unspecified atom stereocenters. The van der Waals surface area contributed by atoms with E-state index in [0.717, 1.165) is 10.2 Å². The first-order valence-electron chi connectivity index (χ1n) is 9.23. The predicted molar refractivity (Wildman–Crippen MR) is 119 cm³/mol. The Morgan fingerprint density at radius 1 is 1.13 bits per heavy atom. The summed E-state index contributed by atoms with van der Waals surface area (Å²) in [5.41, 5.74) is 1.42. The van der Waals surface area contributed by atoms with Crippen LogP contribution in [0.25, 0.3) is 5.69 Å². The Morgan fingerprint density at radius 3 is 2.57 bits per heavy atom. The molecule has 0 saturated carbocycles. The summed E-state index contributed by atoms with van der Waals surface area (Å²) in [4.78, 5) is 23.8. The SMILES string of the molecule is COc1ccccc1-n1c(CCNC(C)=O)nnc1SCC(=O)c1ccc(Br)cc1. The number of methoxy groups -OCH3 is 1. The highest BCUT2D eigenvalue weighted by atomic mass is 79.9. The molecule has 0 bridgehead atoms. The first-order chi connectivity index (χ1) is 14.5. The number of para-hydroxylation sites is 2. The third-order valence-corrected chi connectivity index (χ3v) is 5.71. The van der Waals surface area contributed by atoms with Gasteiger partial charge in [0.2, 0.25) is 5.91 Å². The van der Waals surface area contributed by atoms with Crippen molar-refractivity contribution >= 4 is 39.4 Å². The van der Waals surface area contributed by atoms with E-state index >= 15 is 0 Å². The summed E-state index contributed by atoms with van der Waals surface area (Å²) in [6, 6.07) is 14.8. The number of Topliss-reactive ketones (excluding diaryl/α,β-unsaturated/α-hetero) is 1. The molecule has 0 spiro atoms. The minimum atomic E-state index is -0.104. The molecule has 0 fully saturated rings. The lowest BCUT2D eigenvalue weighted by molar-refractivity contribution is -0.118. The summed E-state index contributed by atoms with van der Waals surface area (Å²) in [6.07, 6.45) is 0.492. The fourth-order valence-corrected chi connectivity index (χ4v) is 3.93. The van der Waals surface area contributed by atoms with Gasteiger partial charge in [-0.2, -0.15) is 0 Å². The molecule has 9 heteroatoms. The summed E-state index contributed by atoms with van der Waals surface area (Å²) < 4.78 is 8.30. The number of benzene rings is 2. The summed E-state index contributed by atoms with van der Waals surface area (Å²) in [5, 5.41) is 11.9. The Hall–Kier alpha value is -2.65. The molecule has 0 aliphatic carbocycles. The molecule has 0 atom stereocenters. The van der Waals surface area contributed by atoms with Crippen LogP contribution in [0.5, 0.6) is 5.75 Å². The zero-order valence-electron chi connectivity index (χ0n) is 16.6. The van der Waals surface area contributed by atoms with E-state index in [1.54, 1.807) is 19.2 Å². The minimum Gasteiger partial charge on any atom is -0.495 e. The average molecular weight is 489 g/mol.